The molecule has 0 saturated heterocycles. The molecule has 6 nitrogen and oxygen atoms in total. The number of hydrogen-bond donors (Lipinski definition) is 2. The molecule has 0 fully saturated rings. The zero-order chi connectivity index (χ0) is 12.8. The number of anilines is 1. The third-order valence-electron chi connectivity index (χ3n) is 2.39. The van der Waals surface area contributed by atoms with Gasteiger partial charge < -0.3 is 10.4 Å². The number of nitro benzene ring substituents is 1. The van der Waals surface area contributed by atoms with Gasteiger partial charge in [0.1, 0.15) is 0 Å². The normalized spacial score (nSPS) is 11.8. The van der Waals surface area contributed by atoms with Crippen molar-refractivity contribution in [2.45, 2.75) is 13.3 Å². The van der Waals surface area contributed by atoms with Crippen LogP contribution in [0.4, 0.5) is 11.4 Å². The van der Waals surface area contributed by atoms with Crippen LogP contribution in [0, 0.1) is 16.0 Å². The standard InChI is InChI=1S/C11H14N2O4/c1-8(11(14)15)5-6-12-9-3-2-4-10(7-9)13(16)17/h2-4,7-8,12H,5-6H2,1H3,(H,14,15). The highest BCUT2D eigenvalue weighted by molar-refractivity contribution is 5.69. The number of rotatable bonds is 6. The first-order chi connectivity index (χ1) is 8.00. The molecule has 0 spiro atoms. The molecular weight excluding hydrogens is 224 g/mol. The summed E-state index contributed by atoms with van der Waals surface area (Å²) in [7, 11) is 0. The SMILES string of the molecule is CC(CCNc1cccc([N+](=O)[O-])c1)C(=O)O. The quantitative estimate of drug-likeness (QED) is 0.585. The Morgan fingerprint density at radius 3 is 2.88 bits per heavy atom. The number of aliphatic carboxylic acids is 1. The zero-order valence-corrected chi connectivity index (χ0v) is 9.42. The van der Waals surface area contributed by atoms with Gasteiger partial charge in [-0.2, -0.15) is 0 Å². The Labute approximate surface area is 98.4 Å². The van der Waals surface area contributed by atoms with E-state index in [1.807, 2.05) is 0 Å². The molecular formula is C11H14N2O4. The minimum Gasteiger partial charge on any atom is -0.481 e. The highest BCUT2D eigenvalue weighted by Gasteiger charge is 2.10. The van der Waals surface area contributed by atoms with Crippen molar-refractivity contribution < 1.29 is 14.8 Å². The fourth-order valence-electron chi connectivity index (χ4n) is 1.29. The molecule has 1 rings (SSSR count). The highest BCUT2D eigenvalue weighted by Crippen LogP contribution is 2.17. The van der Waals surface area contributed by atoms with Gasteiger partial charge in [-0.3, -0.25) is 14.9 Å². The second-order valence-electron chi connectivity index (χ2n) is 3.76. The van der Waals surface area contributed by atoms with E-state index in [9.17, 15) is 14.9 Å². The first-order valence-electron chi connectivity index (χ1n) is 5.22. The molecule has 0 radical (unpaired) electrons. The van der Waals surface area contributed by atoms with Gasteiger partial charge in [0.05, 0.1) is 10.8 Å². The van der Waals surface area contributed by atoms with Crippen molar-refractivity contribution in [2.24, 2.45) is 5.92 Å². The number of nitro groups is 1. The van der Waals surface area contributed by atoms with Crippen LogP contribution in [-0.2, 0) is 4.79 Å². The second-order valence-corrected chi connectivity index (χ2v) is 3.76. The van der Waals surface area contributed by atoms with Crippen LogP contribution < -0.4 is 5.32 Å². The molecule has 92 valence electrons. The lowest BCUT2D eigenvalue weighted by Gasteiger charge is -2.08. The van der Waals surface area contributed by atoms with Crippen LogP contribution in [-0.4, -0.2) is 22.5 Å². The van der Waals surface area contributed by atoms with Gasteiger partial charge in [-0.25, -0.2) is 0 Å². The van der Waals surface area contributed by atoms with Crippen LogP contribution >= 0.6 is 0 Å². The van der Waals surface area contributed by atoms with Crippen LogP contribution in [0.5, 0.6) is 0 Å². The molecule has 1 unspecified atom stereocenters. The molecule has 0 aliphatic rings. The largest absolute Gasteiger partial charge is 0.481 e. The number of nitrogens with zero attached hydrogens (tertiary/aromatic N) is 1. The van der Waals surface area contributed by atoms with Crippen LogP contribution in [0.1, 0.15) is 13.3 Å². The predicted molar refractivity (Wildman–Crippen MR) is 63.0 cm³/mol. The summed E-state index contributed by atoms with van der Waals surface area (Å²) < 4.78 is 0. The van der Waals surface area contributed by atoms with Gasteiger partial charge in [0, 0.05) is 24.4 Å². The van der Waals surface area contributed by atoms with E-state index in [-0.39, 0.29) is 5.69 Å². The van der Waals surface area contributed by atoms with E-state index in [4.69, 9.17) is 5.11 Å². The average molecular weight is 238 g/mol. The minimum absolute atomic E-state index is 0.0151. The van der Waals surface area contributed by atoms with Gasteiger partial charge in [-0.05, 0) is 12.5 Å². The van der Waals surface area contributed by atoms with E-state index in [0.29, 0.717) is 18.7 Å². The number of carboxylic acid groups (broad SMARTS) is 1. The molecule has 1 atom stereocenters. The summed E-state index contributed by atoms with van der Waals surface area (Å²) in [4.78, 5) is 20.6. The summed E-state index contributed by atoms with van der Waals surface area (Å²) >= 11 is 0. The van der Waals surface area contributed by atoms with Gasteiger partial charge in [0.15, 0.2) is 0 Å². The molecule has 2 N–H and O–H groups in total. The smallest absolute Gasteiger partial charge is 0.306 e. The maximum atomic E-state index is 10.6. The third-order valence-corrected chi connectivity index (χ3v) is 2.39. The Balaban J connectivity index is 2.49. The van der Waals surface area contributed by atoms with Gasteiger partial charge >= 0.3 is 5.97 Å². The molecule has 0 amide bonds. The van der Waals surface area contributed by atoms with Gasteiger partial charge in [0.25, 0.3) is 5.69 Å². The third kappa shape index (κ3) is 4.10. The van der Waals surface area contributed by atoms with E-state index in [2.05, 4.69) is 5.32 Å². The zero-order valence-electron chi connectivity index (χ0n) is 9.42. The van der Waals surface area contributed by atoms with E-state index < -0.39 is 16.8 Å². The molecule has 1 aromatic rings. The number of nitrogens with one attached hydrogen (secondary N) is 1. The molecule has 6 heteroatoms. The average Bonchev–Trinajstić information content (AvgIpc) is 2.29. The Kier molecular flexibility index (Phi) is 4.45. The molecule has 0 aromatic heterocycles. The number of non-ortho nitro benzene ring substituents is 1. The van der Waals surface area contributed by atoms with Crippen molar-refractivity contribution in [3.05, 3.63) is 34.4 Å². The summed E-state index contributed by atoms with van der Waals surface area (Å²) in [6.07, 6.45) is 0.470. The minimum atomic E-state index is -0.842. The topological polar surface area (TPSA) is 92.5 Å². The Hall–Kier alpha value is -2.11. The van der Waals surface area contributed by atoms with Crippen LogP contribution in [0.15, 0.2) is 24.3 Å². The van der Waals surface area contributed by atoms with Crippen molar-refractivity contribution in [3.63, 3.8) is 0 Å². The van der Waals surface area contributed by atoms with Crippen molar-refractivity contribution >= 4 is 17.3 Å². The number of carboxylic acids is 1. The van der Waals surface area contributed by atoms with Crippen LogP contribution in [0.3, 0.4) is 0 Å². The van der Waals surface area contributed by atoms with Crippen LogP contribution in [0.2, 0.25) is 0 Å². The summed E-state index contributed by atoms with van der Waals surface area (Å²) in [5.74, 6) is -1.27. The lowest BCUT2D eigenvalue weighted by molar-refractivity contribution is -0.384. The predicted octanol–water partition coefficient (Wildman–Crippen LogP) is 2.12. The monoisotopic (exact) mass is 238 g/mol. The van der Waals surface area contributed by atoms with Gasteiger partial charge in [-0.15, -0.1) is 0 Å². The Morgan fingerprint density at radius 2 is 2.29 bits per heavy atom. The maximum Gasteiger partial charge on any atom is 0.306 e. The van der Waals surface area contributed by atoms with Crippen molar-refractivity contribution in [2.75, 3.05) is 11.9 Å². The molecule has 0 aliphatic carbocycles. The molecule has 1 aromatic carbocycles. The molecule has 0 heterocycles. The number of benzene rings is 1. The first-order valence-corrected chi connectivity index (χ1v) is 5.22. The fraction of sp³-hybridized carbons (Fsp3) is 0.364. The molecule has 0 aliphatic heterocycles. The van der Waals surface area contributed by atoms with Crippen LogP contribution in [0.25, 0.3) is 0 Å². The van der Waals surface area contributed by atoms with E-state index >= 15 is 0 Å². The number of carbonyl (C=O) groups is 1. The molecule has 17 heavy (non-hydrogen) atoms. The van der Waals surface area contributed by atoms with Crippen molar-refractivity contribution in [3.8, 4) is 0 Å². The van der Waals surface area contributed by atoms with Gasteiger partial charge in [-0.1, -0.05) is 13.0 Å². The Morgan fingerprint density at radius 1 is 1.59 bits per heavy atom. The summed E-state index contributed by atoms with van der Waals surface area (Å²) in [6.45, 7) is 2.09. The summed E-state index contributed by atoms with van der Waals surface area (Å²) in [6, 6.07) is 6.12. The molecule has 0 saturated carbocycles. The van der Waals surface area contributed by atoms with E-state index in [0.717, 1.165) is 0 Å². The van der Waals surface area contributed by atoms with E-state index in [1.54, 1.807) is 19.1 Å². The van der Waals surface area contributed by atoms with E-state index in [1.165, 1.54) is 12.1 Å². The van der Waals surface area contributed by atoms with Gasteiger partial charge in [0.2, 0.25) is 0 Å². The Bertz CT molecular complexity index is 420. The lowest BCUT2D eigenvalue weighted by Crippen LogP contribution is -2.14. The highest BCUT2D eigenvalue weighted by atomic mass is 16.6. The maximum absolute atomic E-state index is 10.6. The van der Waals surface area contributed by atoms with Crippen molar-refractivity contribution in [1.29, 1.82) is 0 Å². The van der Waals surface area contributed by atoms with Crippen molar-refractivity contribution in [1.82, 2.24) is 0 Å². The second kappa shape index (κ2) is 5.83. The lowest BCUT2D eigenvalue weighted by atomic mass is 10.1. The number of hydrogen-bond acceptors (Lipinski definition) is 4. The summed E-state index contributed by atoms with van der Waals surface area (Å²) in [5.41, 5.74) is 0.637. The first kappa shape index (κ1) is 13.0. The molecule has 0 bridgehead atoms. The fourth-order valence-corrected chi connectivity index (χ4v) is 1.29. The summed E-state index contributed by atoms with van der Waals surface area (Å²) in [5, 5.41) is 22.2.